The number of ether oxygens (including phenoxy) is 2. The van der Waals surface area contributed by atoms with E-state index in [4.69, 9.17) is 24.8 Å². The highest BCUT2D eigenvalue weighted by Gasteiger charge is 2.05. The van der Waals surface area contributed by atoms with E-state index in [-0.39, 0.29) is 37.2 Å². The first-order chi connectivity index (χ1) is 27.6. The van der Waals surface area contributed by atoms with E-state index >= 15 is 0 Å². The van der Waals surface area contributed by atoms with Gasteiger partial charge in [-0.1, -0.05) is 147 Å². The van der Waals surface area contributed by atoms with Crippen LogP contribution in [0.3, 0.4) is 0 Å². The van der Waals surface area contributed by atoms with E-state index in [1.54, 1.807) is 24.3 Å². The number of hydrogen-bond donors (Lipinski definition) is 4. The highest BCUT2D eigenvalue weighted by Crippen LogP contribution is 2.11. The van der Waals surface area contributed by atoms with Gasteiger partial charge in [0.2, 0.25) is 0 Å². The van der Waals surface area contributed by atoms with Crippen LogP contribution in [0.2, 0.25) is 0 Å². The minimum Gasteiger partial charge on any atom is -0.744 e. The topological polar surface area (TPSA) is 214 Å². The molecule has 0 aliphatic carbocycles. The van der Waals surface area contributed by atoms with Crippen LogP contribution in [0.5, 0.6) is 0 Å². The highest BCUT2D eigenvalue weighted by molar-refractivity contribution is 7.85. The van der Waals surface area contributed by atoms with Crippen molar-refractivity contribution in [3.8, 4) is 0 Å². The van der Waals surface area contributed by atoms with Gasteiger partial charge in [0.1, 0.15) is 16.7 Å². The molecule has 13 heteroatoms. The number of hydrogen-bond acceptors (Lipinski definition) is 12. The summed E-state index contributed by atoms with van der Waals surface area (Å²) in [4.78, 5) is 20.8. The van der Waals surface area contributed by atoms with E-state index in [0.717, 1.165) is 43.2 Å². The van der Waals surface area contributed by atoms with Crippen LogP contribution in [0.15, 0.2) is 53.4 Å². The zero-order valence-corrected chi connectivity index (χ0v) is 37.3. The summed E-state index contributed by atoms with van der Waals surface area (Å²) < 4.78 is 40.9. The number of aliphatic hydroxyl groups excluding tert-OH is 4. The van der Waals surface area contributed by atoms with Crippen LogP contribution in [0, 0.1) is 19.8 Å². The van der Waals surface area contributed by atoms with Gasteiger partial charge in [0.25, 0.3) is 0 Å². The number of aliphatic carboxylic acids is 1. The average Bonchev–Trinajstić information content (AvgIpc) is 3.18. The third-order valence-electron chi connectivity index (χ3n) is 8.30. The van der Waals surface area contributed by atoms with Crippen molar-refractivity contribution in [2.75, 3.05) is 39.6 Å². The molecule has 58 heavy (non-hydrogen) atoms. The third kappa shape index (κ3) is 44.2. The second-order valence-corrected chi connectivity index (χ2v) is 15.9. The molecule has 4 N–H and O–H groups in total. The van der Waals surface area contributed by atoms with Crippen molar-refractivity contribution in [3.05, 3.63) is 65.2 Å². The summed E-state index contributed by atoms with van der Waals surface area (Å²) in [7, 11) is -4.27. The predicted molar refractivity (Wildman–Crippen MR) is 228 cm³/mol. The quantitative estimate of drug-likeness (QED) is 0.0413. The van der Waals surface area contributed by atoms with E-state index in [0.29, 0.717) is 31.3 Å². The Bertz CT molecular complexity index is 1280. The molecule has 12 nitrogen and oxygen atoms in total. The molecule has 0 aromatic heterocycles. The summed E-state index contributed by atoms with van der Waals surface area (Å²) in [6, 6.07) is 12.9. The van der Waals surface area contributed by atoms with Gasteiger partial charge in [-0.15, -0.1) is 0 Å². The lowest BCUT2D eigenvalue weighted by Gasteiger charge is -2.09. The molecule has 0 amide bonds. The van der Waals surface area contributed by atoms with Crippen molar-refractivity contribution >= 4 is 22.1 Å². The number of esters is 1. The number of rotatable bonds is 26. The Morgan fingerprint density at radius 2 is 1.10 bits per heavy atom. The highest BCUT2D eigenvalue weighted by atomic mass is 32.2. The van der Waals surface area contributed by atoms with Crippen LogP contribution in [-0.2, 0) is 24.4 Å². The molecule has 0 aliphatic rings. The van der Waals surface area contributed by atoms with E-state index in [1.807, 2.05) is 39.8 Å². The first-order valence-corrected chi connectivity index (χ1v) is 22.5. The molecule has 0 heterocycles. The summed E-state index contributed by atoms with van der Waals surface area (Å²) in [6.07, 6.45) is 19.5. The molecule has 0 bridgehead atoms. The lowest BCUT2D eigenvalue weighted by molar-refractivity contribution is -0.306. The molecule has 0 radical (unpaired) electrons. The Balaban J connectivity index is -0.000000659. The van der Waals surface area contributed by atoms with Crippen molar-refractivity contribution in [3.63, 3.8) is 0 Å². The summed E-state index contributed by atoms with van der Waals surface area (Å²) in [5.41, 5.74) is 2.54. The number of carbonyl (C=O) groups is 2. The lowest BCUT2D eigenvalue weighted by Crippen LogP contribution is -2.22. The van der Waals surface area contributed by atoms with E-state index in [9.17, 15) is 32.8 Å². The molecule has 1 atom stereocenters. The molecule has 0 spiro atoms. The van der Waals surface area contributed by atoms with Crippen LogP contribution in [0.4, 0.5) is 0 Å². The fourth-order valence-electron chi connectivity index (χ4n) is 4.80. The molecule has 0 aliphatic heterocycles. The van der Waals surface area contributed by atoms with Gasteiger partial charge in [-0.3, -0.25) is 0 Å². The monoisotopic (exact) mass is 843 g/mol. The van der Waals surface area contributed by atoms with Gasteiger partial charge in [0.15, 0.2) is 0 Å². The van der Waals surface area contributed by atoms with Gasteiger partial charge >= 0.3 is 5.97 Å². The molecule has 0 saturated carbocycles. The summed E-state index contributed by atoms with van der Waals surface area (Å²) in [5.74, 6) is -0.874. The number of unbranched alkanes of at least 4 members (excludes halogenated alkanes) is 12. The van der Waals surface area contributed by atoms with Gasteiger partial charge in [-0.2, -0.15) is 0 Å². The molecule has 338 valence electrons. The number of carboxylic acid groups (broad SMARTS) is 1. The fraction of sp³-hybridized carbons (Fsp3) is 0.689. The van der Waals surface area contributed by atoms with E-state index < -0.39 is 22.1 Å². The number of aliphatic hydroxyl groups is 4. The lowest BCUT2D eigenvalue weighted by atomic mass is 10.1. The number of aryl methyl sites for hydroxylation is 2. The normalized spacial score (nSPS) is 11.0. The van der Waals surface area contributed by atoms with Crippen molar-refractivity contribution in [2.24, 2.45) is 5.92 Å². The molecule has 0 fully saturated rings. The Morgan fingerprint density at radius 1 is 0.655 bits per heavy atom. The molecular weight excluding hydrogens is 765 g/mol. The Morgan fingerprint density at radius 3 is 1.50 bits per heavy atom. The second-order valence-electron chi connectivity index (χ2n) is 14.5. The Labute approximate surface area is 351 Å². The molecular formula is C45H78O12S-2. The smallest absolute Gasteiger partial charge is 0.338 e. The van der Waals surface area contributed by atoms with E-state index in [1.165, 1.54) is 82.8 Å². The van der Waals surface area contributed by atoms with Gasteiger partial charge < -0.3 is 44.4 Å². The molecule has 1 unspecified atom stereocenters. The van der Waals surface area contributed by atoms with Crippen LogP contribution in [0.25, 0.3) is 0 Å². The fourth-order valence-corrected chi connectivity index (χ4v) is 5.27. The Hall–Kier alpha value is -2.91. The number of benzene rings is 2. The minimum atomic E-state index is -4.27. The predicted octanol–water partition coefficient (Wildman–Crippen LogP) is 7.44. The van der Waals surface area contributed by atoms with Gasteiger partial charge in [0.05, 0.1) is 43.0 Å². The maximum atomic E-state index is 11.2. The van der Waals surface area contributed by atoms with Crippen LogP contribution >= 0.6 is 0 Å². The summed E-state index contributed by atoms with van der Waals surface area (Å²) >= 11 is 0. The SMILES string of the molecule is CC(C)CCC(=O)[O-].CCCCCC(O)COCCO.CCCCCCCCCCCCCO.Cc1ccc(C(=O)OCCO)cc1.Cc1ccc(S(=O)(=O)[O-])cc1. The van der Waals surface area contributed by atoms with Crippen molar-refractivity contribution in [1.82, 2.24) is 0 Å². The van der Waals surface area contributed by atoms with Gasteiger partial charge in [0, 0.05) is 12.6 Å². The van der Waals surface area contributed by atoms with Crippen LogP contribution in [-0.4, -0.2) is 91.1 Å². The third-order valence-corrected chi connectivity index (χ3v) is 9.15. The van der Waals surface area contributed by atoms with Crippen LogP contribution < -0.4 is 5.11 Å². The molecule has 0 saturated heterocycles. The first kappa shape index (κ1) is 59.4. The number of carbonyl (C=O) groups excluding carboxylic acids is 2. The molecule has 2 rings (SSSR count). The summed E-state index contributed by atoms with van der Waals surface area (Å²) in [5, 5.41) is 44.5. The van der Waals surface area contributed by atoms with E-state index in [2.05, 4.69) is 13.8 Å². The zero-order chi connectivity index (χ0) is 44.5. The largest absolute Gasteiger partial charge is 0.744 e. The Kier molecular flexibility index (Phi) is 43.2. The average molecular weight is 843 g/mol. The maximum Gasteiger partial charge on any atom is 0.338 e. The van der Waals surface area contributed by atoms with Crippen molar-refractivity contribution in [2.45, 2.75) is 162 Å². The van der Waals surface area contributed by atoms with Gasteiger partial charge in [-0.05, 0) is 69.7 Å². The first-order valence-electron chi connectivity index (χ1n) is 21.1. The zero-order valence-electron chi connectivity index (χ0n) is 36.5. The second kappa shape index (κ2) is 42.2. The minimum absolute atomic E-state index is 0.0294. The maximum absolute atomic E-state index is 11.2. The summed E-state index contributed by atoms with van der Waals surface area (Å²) in [6.45, 7) is 13.1. The number of carboxylic acids is 1. The van der Waals surface area contributed by atoms with Crippen LogP contribution in [0.1, 0.15) is 158 Å². The van der Waals surface area contributed by atoms with Gasteiger partial charge in [-0.25, -0.2) is 13.2 Å². The van der Waals surface area contributed by atoms with Crippen molar-refractivity contribution < 1.29 is 57.6 Å². The standard InChI is InChI=1S/C13H28O.C10H12O3.C9H20O3.C7H8O3S.C6H12O2/c1-2-3-4-5-6-7-8-9-10-11-12-13-14;1-8-2-4-9(5-3-8)10(12)13-7-6-11;1-2-3-4-5-9(11)8-12-7-6-10;1-6-2-4-7(5-3-6)11(8,9)10;1-5(2)3-4-6(7)8/h14H,2-13H2,1H3;2-5,11H,6-7H2,1H3;9-11H,2-8H2,1H3;2-5H,1H3,(H,8,9,10);5H,3-4H2,1-2H3,(H,7,8)/p-2. The van der Waals surface area contributed by atoms with Crippen molar-refractivity contribution in [1.29, 1.82) is 0 Å². The molecule has 2 aromatic carbocycles. The molecule has 2 aromatic rings.